The van der Waals surface area contributed by atoms with Crippen LogP contribution in [-0.4, -0.2) is 35.9 Å². The Bertz CT molecular complexity index is 710. The Morgan fingerprint density at radius 3 is 3.04 bits per heavy atom. The van der Waals surface area contributed by atoms with Crippen molar-refractivity contribution in [3.05, 3.63) is 52.7 Å². The van der Waals surface area contributed by atoms with Crippen molar-refractivity contribution in [2.45, 2.75) is 19.4 Å². The van der Waals surface area contributed by atoms with E-state index in [2.05, 4.69) is 10.5 Å². The van der Waals surface area contributed by atoms with Crippen molar-refractivity contribution >= 4 is 5.91 Å². The molecule has 128 valence electrons. The van der Waals surface area contributed by atoms with Gasteiger partial charge in [0.05, 0.1) is 18.8 Å². The lowest BCUT2D eigenvalue weighted by atomic mass is 10.1. The first-order valence-electron chi connectivity index (χ1n) is 7.86. The first kappa shape index (κ1) is 16.6. The number of carbonyl (C=O) groups excluding carboxylic acids is 1. The minimum absolute atomic E-state index is 0.0721. The highest BCUT2D eigenvalue weighted by atomic mass is 19.1. The van der Waals surface area contributed by atoms with Gasteiger partial charge in [-0.25, -0.2) is 4.39 Å². The number of aliphatic hydroxyl groups is 1. The van der Waals surface area contributed by atoms with Crippen molar-refractivity contribution in [1.29, 1.82) is 0 Å². The highest BCUT2D eigenvalue weighted by Crippen LogP contribution is 2.19. The van der Waals surface area contributed by atoms with Gasteiger partial charge in [0.25, 0.3) is 5.91 Å². The molecule has 0 spiro atoms. The highest BCUT2D eigenvalue weighted by Gasteiger charge is 2.23. The second kappa shape index (κ2) is 7.55. The molecule has 1 aliphatic heterocycles. The van der Waals surface area contributed by atoms with Crippen LogP contribution in [0.2, 0.25) is 0 Å². The summed E-state index contributed by atoms with van der Waals surface area (Å²) in [6.07, 6.45) is 1.17. The number of hydrogen-bond acceptors (Lipinski definition) is 5. The molecule has 2 heterocycles. The Labute approximate surface area is 138 Å². The molecule has 1 saturated heterocycles. The van der Waals surface area contributed by atoms with E-state index in [1.807, 2.05) is 0 Å². The number of aromatic nitrogens is 1. The third-order valence-electron chi connectivity index (χ3n) is 4.07. The van der Waals surface area contributed by atoms with E-state index in [1.54, 1.807) is 12.1 Å². The van der Waals surface area contributed by atoms with E-state index in [1.165, 1.54) is 12.1 Å². The lowest BCUT2D eigenvalue weighted by Crippen LogP contribution is -2.30. The molecule has 1 atom stereocenters. The Balaban J connectivity index is 1.70. The second-order valence-electron chi connectivity index (χ2n) is 5.84. The summed E-state index contributed by atoms with van der Waals surface area (Å²) in [7, 11) is 0. The van der Waals surface area contributed by atoms with Crippen molar-refractivity contribution < 1.29 is 23.6 Å². The SMILES string of the molecule is O=C(NCC1CCOC1)c1noc(Cc2cccc(F)c2)c1CO. The molecule has 1 fully saturated rings. The molecule has 1 amide bonds. The van der Waals surface area contributed by atoms with E-state index < -0.39 is 0 Å². The van der Waals surface area contributed by atoms with Crippen LogP contribution in [0.1, 0.15) is 33.8 Å². The van der Waals surface area contributed by atoms with E-state index in [0.29, 0.717) is 42.6 Å². The summed E-state index contributed by atoms with van der Waals surface area (Å²) in [4.78, 5) is 12.3. The molecule has 1 aromatic carbocycles. The third-order valence-corrected chi connectivity index (χ3v) is 4.07. The van der Waals surface area contributed by atoms with Crippen LogP contribution >= 0.6 is 0 Å². The number of carbonyl (C=O) groups is 1. The van der Waals surface area contributed by atoms with Crippen molar-refractivity contribution in [1.82, 2.24) is 10.5 Å². The summed E-state index contributed by atoms with van der Waals surface area (Å²) >= 11 is 0. The number of nitrogens with zero attached hydrogens (tertiary/aromatic N) is 1. The first-order valence-corrected chi connectivity index (χ1v) is 7.86. The van der Waals surface area contributed by atoms with Gasteiger partial charge in [-0.1, -0.05) is 17.3 Å². The van der Waals surface area contributed by atoms with Crippen molar-refractivity contribution in [3.8, 4) is 0 Å². The molecule has 0 saturated carbocycles. The second-order valence-corrected chi connectivity index (χ2v) is 5.84. The average Bonchev–Trinajstić information content (AvgIpc) is 3.22. The predicted octanol–water partition coefficient (Wildman–Crippen LogP) is 1.66. The van der Waals surface area contributed by atoms with Gasteiger partial charge in [0, 0.05) is 25.5 Å². The Morgan fingerprint density at radius 2 is 2.33 bits per heavy atom. The molecule has 1 unspecified atom stereocenters. The Hall–Kier alpha value is -2.25. The maximum atomic E-state index is 13.3. The fraction of sp³-hybridized carbons (Fsp3) is 0.412. The molecule has 24 heavy (non-hydrogen) atoms. The molecule has 0 bridgehead atoms. The van der Waals surface area contributed by atoms with Crippen LogP contribution in [-0.2, 0) is 17.8 Å². The van der Waals surface area contributed by atoms with Crippen LogP contribution in [0.3, 0.4) is 0 Å². The fourth-order valence-corrected chi connectivity index (χ4v) is 2.72. The van der Waals surface area contributed by atoms with Gasteiger partial charge in [0.15, 0.2) is 5.69 Å². The van der Waals surface area contributed by atoms with Crippen LogP contribution in [0.25, 0.3) is 0 Å². The lowest BCUT2D eigenvalue weighted by molar-refractivity contribution is 0.0933. The molecule has 2 aromatic rings. The zero-order valence-electron chi connectivity index (χ0n) is 13.1. The predicted molar refractivity (Wildman–Crippen MR) is 82.9 cm³/mol. The molecular weight excluding hydrogens is 315 g/mol. The summed E-state index contributed by atoms with van der Waals surface area (Å²) < 4.78 is 23.7. The number of ether oxygens (including phenoxy) is 1. The fourth-order valence-electron chi connectivity index (χ4n) is 2.72. The molecule has 0 aliphatic carbocycles. The Morgan fingerprint density at radius 1 is 1.46 bits per heavy atom. The summed E-state index contributed by atoms with van der Waals surface area (Å²) in [6, 6.07) is 6.06. The van der Waals surface area contributed by atoms with Crippen molar-refractivity contribution in [2.75, 3.05) is 19.8 Å². The van der Waals surface area contributed by atoms with E-state index >= 15 is 0 Å². The zero-order valence-corrected chi connectivity index (χ0v) is 13.1. The zero-order chi connectivity index (χ0) is 16.9. The molecule has 3 rings (SSSR count). The molecule has 1 aliphatic rings. The van der Waals surface area contributed by atoms with Gasteiger partial charge in [-0.15, -0.1) is 0 Å². The van der Waals surface area contributed by atoms with Gasteiger partial charge < -0.3 is 19.7 Å². The third kappa shape index (κ3) is 3.80. The number of nitrogens with one attached hydrogen (secondary N) is 1. The standard InChI is InChI=1S/C17H19FN2O4/c18-13-3-1-2-11(6-13)7-15-14(9-21)16(20-24-15)17(22)19-8-12-4-5-23-10-12/h1-3,6,12,21H,4-5,7-10H2,(H,19,22). The van der Waals surface area contributed by atoms with Crippen molar-refractivity contribution in [2.24, 2.45) is 5.92 Å². The summed E-state index contributed by atoms with van der Waals surface area (Å²) in [6.45, 7) is 1.47. The van der Waals surface area contributed by atoms with E-state index in [9.17, 15) is 14.3 Å². The first-order chi connectivity index (χ1) is 11.7. The topological polar surface area (TPSA) is 84.6 Å². The molecule has 7 heteroatoms. The van der Waals surface area contributed by atoms with Gasteiger partial charge in [-0.3, -0.25) is 4.79 Å². The van der Waals surface area contributed by atoms with Gasteiger partial charge >= 0.3 is 0 Å². The monoisotopic (exact) mass is 334 g/mol. The molecule has 2 N–H and O–H groups in total. The minimum Gasteiger partial charge on any atom is -0.391 e. The smallest absolute Gasteiger partial charge is 0.273 e. The molecule has 0 radical (unpaired) electrons. The minimum atomic E-state index is -0.389. The normalized spacial score (nSPS) is 17.2. The van der Waals surface area contributed by atoms with Crippen LogP contribution in [0, 0.1) is 11.7 Å². The molecule has 1 aromatic heterocycles. The maximum absolute atomic E-state index is 13.3. The van der Waals surface area contributed by atoms with Crippen LogP contribution < -0.4 is 5.32 Å². The quantitative estimate of drug-likeness (QED) is 0.839. The highest BCUT2D eigenvalue weighted by molar-refractivity contribution is 5.93. The molecule has 6 nitrogen and oxygen atoms in total. The summed E-state index contributed by atoms with van der Waals surface area (Å²) in [5, 5.41) is 16.1. The van der Waals surface area contributed by atoms with E-state index in [0.717, 1.165) is 6.42 Å². The largest absolute Gasteiger partial charge is 0.391 e. The van der Waals surface area contributed by atoms with Crippen LogP contribution in [0.15, 0.2) is 28.8 Å². The van der Waals surface area contributed by atoms with Gasteiger partial charge in [-0.2, -0.15) is 0 Å². The number of aliphatic hydroxyl groups excluding tert-OH is 1. The maximum Gasteiger partial charge on any atom is 0.273 e. The number of benzene rings is 1. The van der Waals surface area contributed by atoms with Gasteiger partial charge in [0.1, 0.15) is 11.6 Å². The van der Waals surface area contributed by atoms with Gasteiger partial charge in [0.2, 0.25) is 0 Å². The van der Waals surface area contributed by atoms with Crippen molar-refractivity contribution in [3.63, 3.8) is 0 Å². The number of halogens is 1. The van der Waals surface area contributed by atoms with Crippen LogP contribution in [0.5, 0.6) is 0 Å². The van der Waals surface area contributed by atoms with E-state index in [-0.39, 0.29) is 30.4 Å². The lowest BCUT2D eigenvalue weighted by Gasteiger charge is -2.08. The summed E-state index contributed by atoms with van der Waals surface area (Å²) in [5.41, 5.74) is 1.08. The number of amides is 1. The van der Waals surface area contributed by atoms with Crippen LogP contribution in [0.4, 0.5) is 4.39 Å². The number of rotatable bonds is 6. The average molecular weight is 334 g/mol. The Kier molecular flexibility index (Phi) is 5.22. The van der Waals surface area contributed by atoms with Gasteiger partial charge in [-0.05, 0) is 24.1 Å². The van der Waals surface area contributed by atoms with E-state index in [4.69, 9.17) is 9.26 Å². The summed E-state index contributed by atoms with van der Waals surface area (Å²) in [5.74, 6) is -0.0860. The molecular formula is C17H19FN2O4. The number of hydrogen-bond donors (Lipinski definition) is 2.